The minimum atomic E-state index is -4.70. The van der Waals surface area contributed by atoms with E-state index in [1.165, 1.54) is 12.1 Å². The molecule has 1 aromatic carbocycles. The first-order valence-corrected chi connectivity index (χ1v) is 9.06. The number of benzene rings is 1. The van der Waals surface area contributed by atoms with E-state index in [-0.39, 0.29) is 23.9 Å². The van der Waals surface area contributed by atoms with Crippen molar-refractivity contribution >= 4 is 6.09 Å². The summed E-state index contributed by atoms with van der Waals surface area (Å²) in [4.78, 5) is 14.3. The molecule has 4 nitrogen and oxygen atoms in total. The first-order chi connectivity index (χ1) is 12.5. The fourth-order valence-electron chi connectivity index (χ4n) is 3.76. The quantitative estimate of drug-likeness (QED) is 0.671. The number of hydrogen-bond donors (Lipinski definition) is 0. The number of halogens is 3. The van der Waals surface area contributed by atoms with Gasteiger partial charge in [-0.1, -0.05) is 23.8 Å². The molecule has 1 aromatic rings. The minimum Gasteiger partial charge on any atom is -0.444 e. The monoisotopic (exact) mass is 383 g/mol. The van der Waals surface area contributed by atoms with Crippen molar-refractivity contribution in [1.29, 1.82) is 0 Å². The Kier molecular flexibility index (Phi) is 5.14. The number of carbonyl (C=O) groups excluding carboxylic acids is 1. The van der Waals surface area contributed by atoms with E-state index in [1.54, 1.807) is 17.0 Å². The lowest BCUT2D eigenvalue weighted by atomic mass is 9.95. The Hall–Kier alpha value is -2.18. The molecule has 148 valence electrons. The molecular weight excluding hydrogens is 359 g/mol. The van der Waals surface area contributed by atoms with Crippen LogP contribution in [0.25, 0.3) is 0 Å². The third-order valence-electron chi connectivity index (χ3n) is 4.64. The van der Waals surface area contributed by atoms with Crippen LogP contribution in [0.1, 0.15) is 45.6 Å². The molecule has 2 aliphatic heterocycles. The molecule has 27 heavy (non-hydrogen) atoms. The molecular formula is C20H24F3NO3. The molecule has 1 fully saturated rings. The molecule has 0 saturated carbocycles. The van der Waals surface area contributed by atoms with Crippen molar-refractivity contribution in [2.75, 3.05) is 0 Å². The Labute approximate surface area is 156 Å². The largest absolute Gasteiger partial charge is 0.573 e. The van der Waals surface area contributed by atoms with E-state index in [1.807, 2.05) is 20.8 Å². The predicted octanol–water partition coefficient (Wildman–Crippen LogP) is 5.23. The molecule has 2 unspecified atom stereocenters. The molecule has 0 aromatic heterocycles. The lowest BCUT2D eigenvalue weighted by Gasteiger charge is -2.35. The zero-order valence-corrected chi connectivity index (χ0v) is 15.7. The smallest absolute Gasteiger partial charge is 0.444 e. The molecule has 0 N–H and O–H groups in total. The Morgan fingerprint density at radius 3 is 2.59 bits per heavy atom. The lowest BCUT2D eigenvalue weighted by molar-refractivity contribution is -0.274. The van der Waals surface area contributed by atoms with Crippen LogP contribution < -0.4 is 4.74 Å². The normalized spacial score (nSPS) is 22.4. The highest BCUT2D eigenvalue weighted by molar-refractivity contribution is 5.70. The molecule has 0 aliphatic carbocycles. The molecule has 0 spiro atoms. The van der Waals surface area contributed by atoms with Gasteiger partial charge >= 0.3 is 12.5 Å². The van der Waals surface area contributed by atoms with Crippen molar-refractivity contribution in [3.8, 4) is 5.75 Å². The van der Waals surface area contributed by atoms with E-state index < -0.39 is 12.0 Å². The highest BCUT2D eigenvalue weighted by Gasteiger charge is 2.41. The van der Waals surface area contributed by atoms with Gasteiger partial charge in [-0.2, -0.15) is 0 Å². The van der Waals surface area contributed by atoms with Crippen molar-refractivity contribution in [2.45, 2.75) is 70.5 Å². The van der Waals surface area contributed by atoms with Gasteiger partial charge in [0.15, 0.2) is 0 Å². The minimum absolute atomic E-state index is 0.0109. The van der Waals surface area contributed by atoms with Gasteiger partial charge in [-0.15, -0.1) is 13.2 Å². The van der Waals surface area contributed by atoms with E-state index in [9.17, 15) is 18.0 Å². The van der Waals surface area contributed by atoms with Gasteiger partial charge in [-0.3, -0.25) is 4.90 Å². The summed E-state index contributed by atoms with van der Waals surface area (Å²) in [6.45, 7) is 5.52. The molecule has 1 saturated heterocycles. The van der Waals surface area contributed by atoms with Crippen LogP contribution in [0.3, 0.4) is 0 Å². The topological polar surface area (TPSA) is 38.8 Å². The summed E-state index contributed by atoms with van der Waals surface area (Å²) < 4.78 is 46.7. The third kappa shape index (κ3) is 5.17. The van der Waals surface area contributed by atoms with E-state index in [0.29, 0.717) is 12.8 Å². The van der Waals surface area contributed by atoms with Crippen LogP contribution in [0, 0.1) is 0 Å². The molecule has 0 radical (unpaired) electrons. The van der Waals surface area contributed by atoms with Gasteiger partial charge in [0.1, 0.15) is 11.4 Å². The maximum absolute atomic E-state index is 12.5. The van der Waals surface area contributed by atoms with E-state index in [4.69, 9.17) is 4.74 Å². The maximum Gasteiger partial charge on any atom is 0.573 e. The summed E-state index contributed by atoms with van der Waals surface area (Å²) in [6.07, 6.45) is 0.0992. The van der Waals surface area contributed by atoms with Crippen LogP contribution >= 0.6 is 0 Å². The van der Waals surface area contributed by atoms with Crippen LogP contribution in [0.4, 0.5) is 18.0 Å². The lowest BCUT2D eigenvalue weighted by Crippen LogP contribution is -2.45. The van der Waals surface area contributed by atoms with Crippen LogP contribution in [-0.4, -0.2) is 35.0 Å². The van der Waals surface area contributed by atoms with Gasteiger partial charge in [0.25, 0.3) is 0 Å². The van der Waals surface area contributed by atoms with Crippen molar-refractivity contribution in [1.82, 2.24) is 4.90 Å². The second kappa shape index (κ2) is 7.09. The van der Waals surface area contributed by atoms with E-state index in [2.05, 4.69) is 10.8 Å². The van der Waals surface area contributed by atoms with Crippen LogP contribution in [0.2, 0.25) is 0 Å². The summed E-state index contributed by atoms with van der Waals surface area (Å²) in [5.74, 6) is -0.213. The second-order valence-electron chi connectivity index (χ2n) is 8.09. The fraction of sp³-hybridized carbons (Fsp3) is 0.550. The molecule has 2 bridgehead atoms. The molecule has 7 heteroatoms. The SMILES string of the molecule is CC(C)(C)OC(=O)N1C2C=C(Cc3cccc(OC(F)(F)F)c3)CC1CC2. The summed E-state index contributed by atoms with van der Waals surface area (Å²) in [5.41, 5.74) is 1.35. The Morgan fingerprint density at radius 1 is 1.22 bits per heavy atom. The zero-order chi connectivity index (χ0) is 19.8. The Bertz CT molecular complexity index is 737. The number of carbonyl (C=O) groups is 1. The molecule has 2 atom stereocenters. The van der Waals surface area contributed by atoms with Crippen LogP contribution in [-0.2, 0) is 11.2 Å². The summed E-state index contributed by atoms with van der Waals surface area (Å²) in [6, 6.07) is 6.12. The van der Waals surface area contributed by atoms with Crippen molar-refractivity contribution in [3.05, 3.63) is 41.5 Å². The van der Waals surface area contributed by atoms with Gasteiger partial charge in [0, 0.05) is 6.04 Å². The summed E-state index contributed by atoms with van der Waals surface area (Å²) in [5, 5.41) is 0. The van der Waals surface area contributed by atoms with Gasteiger partial charge in [-0.05, 0) is 64.2 Å². The fourth-order valence-corrected chi connectivity index (χ4v) is 3.76. The van der Waals surface area contributed by atoms with Gasteiger partial charge in [-0.25, -0.2) is 4.79 Å². The summed E-state index contributed by atoms with van der Waals surface area (Å²) in [7, 11) is 0. The van der Waals surface area contributed by atoms with E-state index in [0.717, 1.165) is 24.0 Å². The Morgan fingerprint density at radius 2 is 1.96 bits per heavy atom. The average Bonchev–Trinajstić information content (AvgIpc) is 2.76. The second-order valence-corrected chi connectivity index (χ2v) is 8.09. The Balaban J connectivity index is 1.69. The molecule has 2 heterocycles. The van der Waals surface area contributed by atoms with Crippen LogP contribution in [0.5, 0.6) is 5.75 Å². The summed E-state index contributed by atoms with van der Waals surface area (Å²) >= 11 is 0. The number of fused-ring (bicyclic) bond motifs is 2. The first-order valence-electron chi connectivity index (χ1n) is 9.06. The van der Waals surface area contributed by atoms with Crippen molar-refractivity contribution in [2.24, 2.45) is 0 Å². The zero-order valence-electron chi connectivity index (χ0n) is 15.7. The van der Waals surface area contributed by atoms with Crippen molar-refractivity contribution in [3.63, 3.8) is 0 Å². The number of nitrogens with zero attached hydrogens (tertiary/aromatic N) is 1. The third-order valence-corrected chi connectivity index (χ3v) is 4.64. The number of ether oxygens (including phenoxy) is 2. The highest BCUT2D eigenvalue weighted by atomic mass is 19.4. The highest BCUT2D eigenvalue weighted by Crippen LogP contribution is 2.37. The molecule has 3 rings (SSSR count). The first kappa shape index (κ1) is 19.6. The van der Waals surface area contributed by atoms with E-state index >= 15 is 0 Å². The van der Waals surface area contributed by atoms with Crippen LogP contribution in [0.15, 0.2) is 35.9 Å². The average molecular weight is 383 g/mol. The number of alkyl halides is 3. The predicted molar refractivity (Wildman–Crippen MR) is 94.4 cm³/mol. The molecule has 2 aliphatic rings. The number of amides is 1. The number of rotatable bonds is 3. The number of hydrogen-bond acceptors (Lipinski definition) is 3. The maximum atomic E-state index is 12.5. The molecule has 1 amide bonds. The van der Waals surface area contributed by atoms with Gasteiger partial charge in [0.05, 0.1) is 6.04 Å². The van der Waals surface area contributed by atoms with Gasteiger partial charge < -0.3 is 9.47 Å². The van der Waals surface area contributed by atoms with Gasteiger partial charge in [0.2, 0.25) is 0 Å². The van der Waals surface area contributed by atoms with Crippen molar-refractivity contribution < 1.29 is 27.4 Å². The standard InChI is InChI=1S/C20H24F3NO3/c1-19(2,3)27-18(25)24-15-7-8-16(24)11-14(10-15)9-13-5-4-6-17(12-13)26-20(21,22)23/h4-6,10,12,15-16H,7-9,11H2,1-3H3.